The Morgan fingerprint density at radius 2 is 1.60 bits per heavy atom. The molecular weight excluding hydrogens is 340 g/mol. The fourth-order valence-corrected chi connectivity index (χ4v) is 3.00. The minimum absolute atomic E-state index is 0.0124. The molecule has 1 aromatic rings. The minimum Gasteiger partial charge on any atom is -0.490 e. The maximum atomic E-state index is 6.53. The van der Waals surface area contributed by atoms with Crippen molar-refractivity contribution >= 4 is 27.5 Å². The Morgan fingerprint density at radius 1 is 1.05 bits per heavy atom. The van der Waals surface area contributed by atoms with Gasteiger partial charge in [0.1, 0.15) is 0 Å². The molecule has 0 aliphatic carbocycles. The highest BCUT2D eigenvalue weighted by atomic mass is 79.9. The van der Waals surface area contributed by atoms with Gasteiger partial charge in [0.15, 0.2) is 11.5 Å². The van der Waals surface area contributed by atoms with Crippen molar-refractivity contribution in [2.45, 2.75) is 45.9 Å². The Bertz CT molecular complexity index is 421. The van der Waals surface area contributed by atoms with Crippen LogP contribution in [0.15, 0.2) is 16.6 Å². The van der Waals surface area contributed by atoms with Crippen LogP contribution in [-0.4, -0.2) is 13.2 Å². The number of rotatable bonds is 8. The summed E-state index contributed by atoms with van der Waals surface area (Å²) in [5.41, 5.74) is 1.07. The van der Waals surface area contributed by atoms with E-state index in [1.54, 1.807) is 0 Å². The predicted molar refractivity (Wildman–Crippen MR) is 89.1 cm³/mol. The normalized spacial score (nSPS) is 12.6. The van der Waals surface area contributed by atoms with Crippen LogP contribution in [-0.2, 0) is 0 Å². The van der Waals surface area contributed by atoms with Crippen LogP contribution in [0.4, 0.5) is 0 Å². The summed E-state index contributed by atoms with van der Waals surface area (Å²) >= 11 is 10.1. The molecule has 114 valence electrons. The van der Waals surface area contributed by atoms with Crippen molar-refractivity contribution in [3.63, 3.8) is 0 Å². The predicted octanol–water partition coefficient (Wildman–Crippen LogP) is 5.96. The molecule has 0 N–H and O–H groups in total. The summed E-state index contributed by atoms with van der Waals surface area (Å²) in [6.07, 6.45) is 2.06. The highest BCUT2D eigenvalue weighted by molar-refractivity contribution is 9.10. The highest BCUT2D eigenvalue weighted by Crippen LogP contribution is 2.40. The van der Waals surface area contributed by atoms with Crippen molar-refractivity contribution in [3.05, 3.63) is 22.2 Å². The standard InChI is InChI=1S/C16H24BrClO2/c1-5-19-15-9-12(14(18)8-7-11(3)4)13(17)10-16(15)20-6-2/h9-11,14H,5-8H2,1-4H3. The van der Waals surface area contributed by atoms with Gasteiger partial charge in [-0.2, -0.15) is 0 Å². The first-order chi connectivity index (χ1) is 9.49. The van der Waals surface area contributed by atoms with Crippen LogP contribution in [0.3, 0.4) is 0 Å². The van der Waals surface area contributed by atoms with E-state index in [4.69, 9.17) is 21.1 Å². The lowest BCUT2D eigenvalue weighted by Gasteiger charge is -2.17. The third-order valence-electron chi connectivity index (χ3n) is 3.00. The molecule has 0 bridgehead atoms. The fourth-order valence-electron chi connectivity index (χ4n) is 1.96. The lowest BCUT2D eigenvalue weighted by molar-refractivity contribution is 0.287. The van der Waals surface area contributed by atoms with Crippen LogP contribution in [0.2, 0.25) is 0 Å². The van der Waals surface area contributed by atoms with Gasteiger partial charge in [0.25, 0.3) is 0 Å². The second kappa shape index (κ2) is 8.78. The number of hydrogen-bond donors (Lipinski definition) is 0. The number of alkyl halides is 1. The zero-order valence-electron chi connectivity index (χ0n) is 12.7. The number of hydrogen-bond acceptors (Lipinski definition) is 2. The third kappa shape index (κ3) is 5.17. The summed E-state index contributed by atoms with van der Waals surface area (Å²) in [5.74, 6) is 2.18. The summed E-state index contributed by atoms with van der Waals surface area (Å²) in [5, 5.41) is -0.0124. The molecule has 0 heterocycles. The summed E-state index contributed by atoms with van der Waals surface area (Å²) in [7, 11) is 0. The first-order valence-corrected chi connectivity index (χ1v) is 8.45. The fraction of sp³-hybridized carbons (Fsp3) is 0.625. The molecular formula is C16H24BrClO2. The highest BCUT2D eigenvalue weighted by Gasteiger charge is 2.17. The van der Waals surface area contributed by atoms with Crippen molar-refractivity contribution in [1.82, 2.24) is 0 Å². The van der Waals surface area contributed by atoms with Gasteiger partial charge >= 0.3 is 0 Å². The molecule has 20 heavy (non-hydrogen) atoms. The molecule has 1 aromatic carbocycles. The Hall–Kier alpha value is -0.410. The summed E-state index contributed by atoms with van der Waals surface area (Å²) in [4.78, 5) is 0. The van der Waals surface area contributed by atoms with Gasteiger partial charge in [-0.15, -0.1) is 11.6 Å². The zero-order valence-corrected chi connectivity index (χ0v) is 15.1. The third-order valence-corrected chi connectivity index (χ3v) is 4.14. The Kier molecular flexibility index (Phi) is 7.75. The monoisotopic (exact) mass is 362 g/mol. The van der Waals surface area contributed by atoms with E-state index >= 15 is 0 Å². The second-order valence-corrected chi connectivity index (χ2v) is 6.51. The first kappa shape index (κ1) is 17.6. The van der Waals surface area contributed by atoms with Gasteiger partial charge in [-0.25, -0.2) is 0 Å². The second-order valence-electron chi connectivity index (χ2n) is 5.13. The topological polar surface area (TPSA) is 18.5 Å². The molecule has 0 fully saturated rings. The molecule has 1 atom stereocenters. The number of halogens is 2. The van der Waals surface area contributed by atoms with E-state index in [1.165, 1.54) is 0 Å². The molecule has 1 rings (SSSR count). The van der Waals surface area contributed by atoms with Crippen LogP contribution in [0.25, 0.3) is 0 Å². The van der Waals surface area contributed by atoms with Crippen molar-refractivity contribution in [2.75, 3.05) is 13.2 Å². The van der Waals surface area contributed by atoms with E-state index in [2.05, 4.69) is 29.8 Å². The Morgan fingerprint density at radius 3 is 2.10 bits per heavy atom. The average Bonchev–Trinajstić information content (AvgIpc) is 2.39. The first-order valence-electron chi connectivity index (χ1n) is 7.22. The van der Waals surface area contributed by atoms with Gasteiger partial charge < -0.3 is 9.47 Å². The molecule has 0 saturated heterocycles. The summed E-state index contributed by atoms with van der Waals surface area (Å²) < 4.78 is 12.2. The minimum atomic E-state index is -0.0124. The van der Waals surface area contributed by atoms with E-state index in [0.717, 1.165) is 34.4 Å². The van der Waals surface area contributed by atoms with Gasteiger partial charge in [0.05, 0.1) is 18.6 Å². The molecule has 0 saturated carbocycles. The zero-order chi connectivity index (χ0) is 15.1. The van der Waals surface area contributed by atoms with E-state index in [9.17, 15) is 0 Å². The molecule has 2 nitrogen and oxygen atoms in total. The maximum Gasteiger partial charge on any atom is 0.162 e. The Balaban J connectivity index is 2.98. The molecule has 0 aliphatic rings. The smallest absolute Gasteiger partial charge is 0.162 e. The molecule has 0 spiro atoms. The van der Waals surface area contributed by atoms with Crippen LogP contribution in [0.5, 0.6) is 11.5 Å². The van der Waals surface area contributed by atoms with Gasteiger partial charge in [0, 0.05) is 4.47 Å². The lowest BCUT2D eigenvalue weighted by atomic mass is 10.0. The quantitative estimate of drug-likeness (QED) is 0.530. The van der Waals surface area contributed by atoms with Crippen molar-refractivity contribution < 1.29 is 9.47 Å². The van der Waals surface area contributed by atoms with E-state index in [-0.39, 0.29) is 5.38 Å². The molecule has 0 aromatic heterocycles. The molecule has 0 aliphatic heterocycles. The van der Waals surface area contributed by atoms with Crippen LogP contribution < -0.4 is 9.47 Å². The molecule has 1 unspecified atom stereocenters. The van der Waals surface area contributed by atoms with Gasteiger partial charge in [-0.1, -0.05) is 29.8 Å². The lowest BCUT2D eigenvalue weighted by Crippen LogP contribution is -2.02. The van der Waals surface area contributed by atoms with Crippen LogP contribution in [0, 0.1) is 5.92 Å². The van der Waals surface area contributed by atoms with Crippen LogP contribution in [0.1, 0.15) is 51.5 Å². The van der Waals surface area contributed by atoms with Crippen molar-refractivity contribution in [2.24, 2.45) is 5.92 Å². The SMILES string of the molecule is CCOc1cc(Br)c(C(Cl)CCC(C)C)cc1OCC. The van der Waals surface area contributed by atoms with Gasteiger partial charge in [-0.05, 0) is 50.3 Å². The number of ether oxygens (including phenoxy) is 2. The number of benzene rings is 1. The van der Waals surface area contributed by atoms with Gasteiger partial charge in [-0.3, -0.25) is 0 Å². The average molecular weight is 364 g/mol. The van der Waals surface area contributed by atoms with E-state index < -0.39 is 0 Å². The Labute approximate surface area is 135 Å². The largest absolute Gasteiger partial charge is 0.490 e. The molecule has 0 amide bonds. The maximum absolute atomic E-state index is 6.53. The van der Waals surface area contributed by atoms with Crippen molar-refractivity contribution in [3.8, 4) is 11.5 Å². The van der Waals surface area contributed by atoms with Crippen molar-refractivity contribution in [1.29, 1.82) is 0 Å². The van der Waals surface area contributed by atoms with Crippen LogP contribution >= 0.6 is 27.5 Å². The molecule has 0 radical (unpaired) electrons. The summed E-state index contributed by atoms with van der Waals surface area (Å²) in [6.45, 7) is 9.58. The van der Waals surface area contributed by atoms with E-state index in [1.807, 2.05) is 26.0 Å². The van der Waals surface area contributed by atoms with Gasteiger partial charge in [0.2, 0.25) is 0 Å². The summed E-state index contributed by atoms with van der Waals surface area (Å²) in [6, 6.07) is 3.95. The molecule has 4 heteroatoms. The van der Waals surface area contributed by atoms with E-state index in [0.29, 0.717) is 19.1 Å².